The quantitative estimate of drug-likeness (QED) is 0.420. The molecule has 200 valence electrons. The zero-order valence-electron chi connectivity index (χ0n) is 22.0. The van der Waals surface area contributed by atoms with Crippen LogP contribution in [0, 0.1) is 5.92 Å². The van der Waals surface area contributed by atoms with Crippen molar-refractivity contribution in [2.24, 2.45) is 5.92 Å². The van der Waals surface area contributed by atoms with E-state index >= 15 is 0 Å². The number of benzene rings is 3. The van der Waals surface area contributed by atoms with Crippen LogP contribution in [0.3, 0.4) is 0 Å². The van der Waals surface area contributed by atoms with Crippen molar-refractivity contribution < 1.29 is 38.0 Å². The summed E-state index contributed by atoms with van der Waals surface area (Å²) < 4.78 is 33.2. The summed E-state index contributed by atoms with van der Waals surface area (Å²) in [7, 11) is 5.94. The first kappa shape index (κ1) is 26.7. The molecular weight excluding hydrogens is 490 g/mol. The molecule has 0 radical (unpaired) electrons. The highest BCUT2D eigenvalue weighted by molar-refractivity contribution is 6.05. The van der Waals surface area contributed by atoms with Gasteiger partial charge in [-0.15, -0.1) is 0 Å². The fraction of sp³-hybridized carbons (Fsp3) is 0.310. The van der Waals surface area contributed by atoms with Gasteiger partial charge < -0.3 is 33.7 Å². The topological polar surface area (TPSA) is 102 Å². The van der Waals surface area contributed by atoms with E-state index in [0.717, 1.165) is 11.1 Å². The van der Waals surface area contributed by atoms with Crippen LogP contribution in [0.4, 0.5) is 4.79 Å². The van der Waals surface area contributed by atoms with E-state index in [4.69, 9.17) is 28.4 Å². The number of hydrogen-bond acceptors (Lipinski definition) is 8. The number of nitrogens with one attached hydrogen (secondary N) is 1. The van der Waals surface area contributed by atoms with Gasteiger partial charge in [-0.3, -0.25) is 4.79 Å². The van der Waals surface area contributed by atoms with Crippen LogP contribution in [-0.2, 0) is 6.42 Å². The minimum Gasteiger partial charge on any atom is -0.493 e. The molecule has 1 heterocycles. The molecule has 0 saturated heterocycles. The van der Waals surface area contributed by atoms with E-state index in [0.29, 0.717) is 35.0 Å². The molecule has 3 aromatic carbocycles. The third-order valence-electron chi connectivity index (χ3n) is 6.40. The maximum Gasteiger partial charge on any atom is 0.413 e. The lowest BCUT2D eigenvalue weighted by Crippen LogP contribution is -2.30. The van der Waals surface area contributed by atoms with E-state index in [1.165, 1.54) is 28.4 Å². The normalized spacial score (nSPS) is 15.0. The van der Waals surface area contributed by atoms with Gasteiger partial charge in [-0.1, -0.05) is 36.4 Å². The smallest absolute Gasteiger partial charge is 0.413 e. The number of hydrogen-bond donors (Lipinski definition) is 1. The third kappa shape index (κ3) is 5.46. The van der Waals surface area contributed by atoms with Crippen molar-refractivity contribution in [2.75, 3.05) is 35.0 Å². The number of rotatable bonds is 9. The Morgan fingerprint density at radius 1 is 0.921 bits per heavy atom. The molecule has 0 spiro atoms. The van der Waals surface area contributed by atoms with Gasteiger partial charge in [-0.25, -0.2) is 4.79 Å². The highest BCUT2D eigenvalue weighted by atomic mass is 16.6. The van der Waals surface area contributed by atoms with Crippen molar-refractivity contribution in [2.45, 2.75) is 19.4 Å². The monoisotopic (exact) mass is 521 g/mol. The first-order valence-corrected chi connectivity index (χ1v) is 12.1. The van der Waals surface area contributed by atoms with Crippen LogP contribution in [-0.4, -0.2) is 46.9 Å². The Morgan fingerprint density at radius 3 is 2.29 bits per heavy atom. The number of carbonyl (C=O) groups is 2. The van der Waals surface area contributed by atoms with Gasteiger partial charge in [0.15, 0.2) is 28.8 Å². The molecule has 1 amide bonds. The summed E-state index contributed by atoms with van der Waals surface area (Å²) >= 11 is 0. The van der Waals surface area contributed by atoms with Crippen LogP contribution >= 0.6 is 0 Å². The standard InChI is InChI=1S/C29H31NO8/c1-17(19-9-7-6-8-10-19)30-29(32)38-22-14-18(11-12-21(22)33-2)13-20-16-37-23-15-24(34-3)27(35-4)28(36-5)25(23)26(20)31/h6-12,14-15,17,20H,13,16H2,1-5H3,(H,30,32)/t17-,20?/m0/s1. The lowest BCUT2D eigenvalue weighted by Gasteiger charge is -2.27. The van der Waals surface area contributed by atoms with Gasteiger partial charge in [0.05, 0.1) is 47.0 Å². The number of methoxy groups -OCH3 is 4. The van der Waals surface area contributed by atoms with Gasteiger partial charge in [0.2, 0.25) is 5.75 Å². The second kappa shape index (κ2) is 11.8. The molecule has 1 N–H and O–H groups in total. The van der Waals surface area contributed by atoms with E-state index in [1.54, 1.807) is 18.2 Å². The molecule has 4 rings (SSSR count). The highest BCUT2D eigenvalue weighted by Crippen LogP contribution is 2.47. The zero-order chi connectivity index (χ0) is 27.2. The summed E-state index contributed by atoms with van der Waals surface area (Å²) in [6, 6.07) is 16.2. The van der Waals surface area contributed by atoms with Gasteiger partial charge in [-0.05, 0) is 36.6 Å². The van der Waals surface area contributed by atoms with Crippen LogP contribution < -0.4 is 33.7 Å². The maximum absolute atomic E-state index is 13.5. The van der Waals surface area contributed by atoms with E-state index < -0.39 is 12.0 Å². The Kier molecular flexibility index (Phi) is 8.25. The number of ketones is 1. The van der Waals surface area contributed by atoms with Gasteiger partial charge >= 0.3 is 6.09 Å². The van der Waals surface area contributed by atoms with Crippen molar-refractivity contribution in [1.29, 1.82) is 0 Å². The lowest BCUT2D eigenvalue weighted by molar-refractivity contribution is 0.0823. The Labute approximate surface area is 221 Å². The minimum absolute atomic E-state index is 0.142. The Hall–Kier alpha value is -4.40. The molecule has 1 unspecified atom stereocenters. The molecule has 0 aromatic heterocycles. The second-order valence-electron chi connectivity index (χ2n) is 8.75. The molecule has 0 aliphatic carbocycles. The zero-order valence-corrected chi connectivity index (χ0v) is 22.0. The molecule has 1 aliphatic rings. The van der Waals surface area contributed by atoms with E-state index in [2.05, 4.69) is 5.32 Å². The Bertz CT molecular complexity index is 1310. The minimum atomic E-state index is -0.617. The number of Topliss-reactive ketones (excluding diaryl/α,β-unsaturated/α-hetero) is 1. The molecule has 38 heavy (non-hydrogen) atoms. The van der Waals surface area contributed by atoms with Crippen molar-refractivity contribution in [3.05, 3.63) is 71.3 Å². The summed E-state index contributed by atoms with van der Waals surface area (Å²) in [6.07, 6.45) is -0.272. The number of ether oxygens (including phenoxy) is 6. The number of fused-ring (bicyclic) bond motifs is 1. The van der Waals surface area contributed by atoms with Crippen LogP contribution in [0.2, 0.25) is 0 Å². The predicted octanol–water partition coefficient (Wildman–Crippen LogP) is 5.00. The first-order valence-electron chi connectivity index (χ1n) is 12.1. The summed E-state index contributed by atoms with van der Waals surface area (Å²) in [5.74, 6) is 1.37. The van der Waals surface area contributed by atoms with Gasteiger partial charge in [0.25, 0.3) is 0 Å². The average molecular weight is 522 g/mol. The summed E-state index contributed by atoms with van der Waals surface area (Å²) in [5.41, 5.74) is 2.03. The largest absolute Gasteiger partial charge is 0.493 e. The molecule has 0 fully saturated rings. The van der Waals surface area contributed by atoms with Gasteiger partial charge in [0.1, 0.15) is 11.3 Å². The first-order chi connectivity index (χ1) is 18.4. The number of carbonyl (C=O) groups excluding carboxylic acids is 2. The Balaban J connectivity index is 1.53. The molecule has 9 heteroatoms. The summed E-state index contributed by atoms with van der Waals surface area (Å²) in [6.45, 7) is 2.04. The van der Waals surface area contributed by atoms with Crippen molar-refractivity contribution in [3.63, 3.8) is 0 Å². The molecule has 2 atom stereocenters. The molecule has 3 aromatic rings. The fourth-order valence-corrected chi connectivity index (χ4v) is 4.45. The van der Waals surface area contributed by atoms with Crippen LogP contribution in [0.1, 0.15) is 34.5 Å². The van der Waals surface area contributed by atoms with Gasteiger partial charge in [-0.2, -0.15) is 0 Å². The third-order valence-corrected chi connectivity index (χ3v) is 6.40. The van der Waals surface area contributed by atoms with E-state index in [9.17, 15) is 9.59 Å². The van der Waals surface area contributed by atoms with Crippen molar-refractivity contribution >= 4 is 11.9 Å². The molecule has 1 aliphatic heterocycles. The maximum atomic E-state index is 13.5. The lowest BCUT2D eigenvalue weighted by atomic mass is 9.88. The SMILES string of the molecule is COc1ccc(CC2COc3cc(OC)c(OC)c(OC)c3C2=O)cc1OC(=O)N[C@@H](C)c1ccccc1. The summed E-state index contributed by atoms with van der Waals surface area (Å²) in [4.78, 5) is 26.2. The van der Waals surface area contributed by atoms with E-state index in [-0.39, 0.29) is 29.9 Å². The molecule has 0 bridgehead atoms. The average Bonchev–Trinajstić information content (AvgIpc) is 2.94. The van der Waals surface area contributed by atoms with Gasteiger partial charge in [0, 0.05) is 6.07 Å². The molecule has 9 nitrogen and oxygen atoms in total. The van der Waals surface area contributed by atoms with Crippen LogP contribution in [0.15, 0.2) is 54.6 Å². The highest BCUT2D eigenvalue weighted by Gasteiger charge is 2.35. The van der Waals surface area contributed by atoms with E-state index in [1.807, 2.05) is 43.3 Å². The van der Waals surface area contributed by atoms with Crippen LogP contribution in [0.25, 0.3) is 0 Å². The number of amides is 1. The van der Waals surface area contributed by atoms with Crippen LogP contribution in [0.5, 0.6) is 34.5 Å². The van der Waals surface area contributed by atoms with Crippen molar-refractivity contribution in [3.8, 4) is 34.5 Å². The molecular formula is C29H31NO8. The summed E-state index contributed by atoms with van der Waals surface area (Å²) in [5, 5.41) is 2.82. The second-order valence-corrected chi connectivity index (χ2v) is 8.75. The molecule has 0 saturated carbocycles. The fourth-order valence-electron chi connectivity index (χ4n) is 4.45. The van der Waals surface area contributed by atoms with Crippen molar-refractivity contribution in [1.82, 2.24) is 5.32 Å². The predicted molar refractivity (Wildman–Crippen MR) is 140 cm³/mol. The Morgan fingerprint density at radius 2 is 1.63 bits per heavy atom.